The number of hydrogen-bond acceptors (Lipinski definition) is 7. The largest absolute Gasteiger partial charge is 0.375 e. The van der Waals surface area contributed by atoms with E-state index < -0.39 is 26.8 Å². The number of aromatic nitrogens is 1. The topological polar surface area (TPSA) is 139 Å². The second kappa shape index (κ2) is 6.91. The maximum absolute atomic E-state index is 12.3. The van der Waals surface area contributed by atoms with Crippen LogP contribution in [0.5, 0.6) is 0 Å². The molecule has 0 saturated carbocycles. The van der Waals surface area contributed by atoms with Crippen molar-refractivity contribution in [1.29, 1.82) is 0 Å². The van der Waals surface area contributed by atoms with E-state index in [4.69, 9.17) is 10.3 Å². The van der Waals surface area contributed by atoms with Crippen molar-refractivity contribution >= 4 is 50.0 Å². The summed E-state index contributed by atoms with van der Waals surface area (Å²) in [6.07, 6.45) is 1.04. The molecule has 0 aliphatic rings. The molecule has 0 spiro atoms. The van der Waals surface area contributed by atoms with Crippen molar-refractivity contribution < 1.29 is 22.6 Å². The number of ketones is 1. The number of rotatable bonds is 5. The van der Waals surface area contributed by atoms with Gasteiger partial charge in [0.1, 0.15) is 0 Å². The van der Waals surface area contributed by atoms with Crippen LogP contribution in [0.1, 0.15) is 11.8 Å². The maximum atomic E-state index is 12.3. The Kier molecular flexibility index (Phi) is 5.12. The zero-order valence-corrected chi connectivity index (χ0v) is 14.0. The van der Waals surface area contributed by atoms with Crippen LogP contribution in [0.3, 0.4) is 0 Å². The van der Waals surface area contributed by atoms with Crippen LogP contribution < -0.4 is 11.1 Å². The molecule has 1 aromatic carbocycles. The van der Waals surface area contributed by atoms with Crippen LogP contribution in [0.15, 0.2) is 40.9 Å². The molecule has 2 aromatic rings. The van der Waals surface area contributed by atoms with Gasteiger partial charge >= 0.3 is 10.1 Å². The van der Waals surface area contributed by atoms with E-state index in [1.165, 1.54) is 0 Å². The van der Waals surface area contributed by atoms with Gasteiger partial charge in [0, 0.05) is 5.69 Å². The fraction of sp³-hybridized carbons (Fsp3) is 0.0714. The minimum absolute atomic E-state index is 0.108. The Morgan fingerprint density at radius 1 is 1.29 bits per heavy atom. The standard InChI is InChI=1S/C14H13N3O5S2/c1-8(18)10(12(19)16-9-5-3-2-4-6-9)7-11-13(24(20,21)22)17-14(15)23-11/h2-7H,1H3,(H2,15,17)(H,16,19)(H,20,21,22). The van der Waals surface area contributed by atoms with E-state index in [0.717, 1.165) is 24.3 Å². The number of carbonyl (C=O) groups excluding carboxylic acids is 2. The third-order valence-electron chi connectivity index (χ3n) is 2.81. The average Bonchev–Trinajstić information content (AvgIpc) is 2.86. The van der Waals surface area contributed by atoms with Crippen molar-refractivity contribution in [2.75, 3.05) is 11.1 Å². The smallest absolute Gasteiger partial charge is 0.313 e. The minimum Gasteiger partial charge on any atom is -0.375 e. The highest BCUT2D eigenvalue weighted by atomic mass is 32.2. The molecule has 0 fully saturated rings. The van der Waals surface area contributed by atoms with Crippen molar-refractivity contribution in [3.05, 3.63) is 40.8 Å². The zero-order chi connectivity index (χ0) is 17.9. The highest BCUT2D eigenvalue weighted by Gasteiger charge is 2.23. The minimum atomic E-state index is -4.64. The number of amides is 1. The number of Topliss-reactive ketones (excluding diaryl/α,β-unsaturated/α-hetero) is 1. The number of carbonyl (C=O) groups is 2. The van der Waals surface area contributed by atoms with Gasteiger partial charge in [-0.25, -0.2) is 4.98 Å². The van der Waals surface area contributed by atoms with Gasteiger partial charge in [0.25, 0.3) is 5.91 Å². The summed E-state index contributed by atoms with van der Waals surface area (Å²) in [5.74, 6) is -1.31. The quantitative estimate of drug-likeness (QED) is 0.315. The fourth-order valence-corrected chi connectivity index (χ4v) is 3.49. The number of nitrogens with zero attached hydrogens (tertiary/aromatic N) is 1. The van der Waals surface area contributed by atoms with Gasteiger partial charge in [0.05, 0.1) is 10.5 Å². The molecule has 0 unspecified atom stereocenters. The molecule has 0 aliphatic heterocycles. The molecule has 0 saturated heterocycles. The third kappa shape index (κ3) is 4.25. The Hall–Kier alpha value is -2.56. The van der Waals surface area contributed by atoms with Crippen molar-refractivity contribution in [2.24, 2.45) is 0 Å². The number of nitrogens with one attached hydrogen (secondary N) is 1. The molecule has 1 aromatic heterocycles. The molecular weight excluding hydrogens is 354 g/mol. The second-order valence-corrected chi connectivity index (χ2v) is 7.03. The van der Waals surface area contributed by atoms with E-state index in [-0.39, 0.29) is 15.6 Å². The molecule has 24 heavy (non-hydrogen) atoms. The Morgan fingerprint density at radius 2 is 1.92 bits per heavy atom. The number of nitrogen functional groups attached to an aromatic ring is 1. The van der Waals surface area contributed by atoms with Gasteiger partial charge in [-0.2, -0.15) is 8.42 Å². The lowest BCUT2D eigenvalue weighted by molar-refractivity contribution is -0.118. The molecule has 8 nitrogen and oxygen atoms in total. The average molecular weight is 367 g/mol. The number of benzene rings is 1. The summed E-state index contributed by atoms with van der Waals surface area (Å²) in [4.78, 5) is 27.4. The maximum Gasteiger partial charge on any atom is 0.313 e. The summed E-state index contributed by atoms with van der Waals surface area (Å²) >= 11 is 0.730. The normalized spacial score (nSPS) is 12.0. The van der Waals surface area contributed by atoms with Crippen LogP contribution in [-0.2, 0) is 19.7 Å². The first-order valence-electron chi connectivity index (χ1n) is 6.51. The highest BCUT2D eigenvalue weighted by Crippen LogP contribution is 2.27. The summed E-state index contributed by atoms with van der Waals surface area (Å²) in [5.41, 5.74) is 5.61. The summed E-state index contributed by atoms with van der Waals surface area (Å²) in [6, 6.07) is 8.42. The lowest BCUT2D eigenvalue weighted by atomic mass is 10.1. The summed E-state index contributed by atoms with van der Waals surface area (Å²) < 4.78 is 31.8. The molecule has 2 rings (SSSR count). The van der Waals surface area contributed by atoms with Crippen molar-refractivity contribution in [3.63, 3.8) is 0 Å². The van der Waals surface area contributed by atoms with Crippen LogP contribution in [0.2, 0.25) is 0 Å². The molecule has 1 amide bonds. The SMILES string of the molecule is CC(=O)C(=Cc1sc(N)nc1S(=O)(=O)O)C(=O)Nc1ccccc1. The summed E-state index contributed by atoms with van der Waals surface area (Å²) in [7, 11) is -4.64. The number of hydrogen-bond donors (Lipinski definition) is 3. The summed E-state index contributed by atoms with van der Waals surface area (Å²) in [6.45, 7) is 1.16. The Morgan fingerprint density at radius 3 is 2.46 bits per heavy atom. The molecule has 126 valence electrons. The van der Waals surface area contributed by atoms with Crippen molar-refractivity contribution in [2.45, 2.75) is 11.9 Å². The van der Waals surface area contributed by atoms with Crippen molar-refractivity contribution in [1.82, 2.24) is 4.98 Å². The van der Waals surface area contributed by atoms with Crippen LogP contribution in [0.25, 0.3) is 6.08 Å². The van der Waals surface area contributed by atoms with Gasteiger partial charge in [0.15, 0.2) is 10.9 Å². The van der Waals surface area contributed by atoms with Crippen LogP contribution in [0, 0.1) is 0 Å². The molecule has 4 N–H and O–H groups in total. The predicted octanol–water partition coefficient (Wildman–Crippen LogP) is 1.58. The molecular formula is C14H13N3O5S2. The molecule has 1 heterocycles. The first kappa shape index (κ1) is 17.8. The molecule has 0 atom stereocenters. The zero-order valence-electron chi connectivity index (χ0n) is 12.4. The summed E-state index contributed by atoms with van der Waals surface area (Å²) in [5, 5.41) is 1.70. The van der Waals surface area contributed by atoms with Gasteiger partial charge in [-0.1, -0.05) is 29.5 Å². The van der Waals surface area contributed by atoms with Gasteiger partial charge < -0.3 is 11.1 Å². The lowest BCUT2D eigenvalue weighted by Gasteiger charge is -2.06. The van der Waals surface area contributed by atoms with Gasteiger partial charge in [-0.15, -0.1) is 0 Å². The van der Waals surface area contributed by atoms with E-state index in [2.05, 4.69) is 10.3 Å². The Labute approximate surface area is 141 Å². The van der Waals surface area contributed by atoms with E-state index in [9.17, 15) is 18.0 Å². The lowest BCUT2D eigenvalue weighted by Crippen LogP contribution is -2.19. The van der Waals surface area contributed by atoms with Crippen LogP contribution >= 0.6 is 11.3 Å². The fourth-order valence-electron chi connectivity index (χ4n) is 1.79. The Bertz CT molecular complexity index is 917. The van der Waals surface area contributed by atoms with Crippen LogP contribution in [0.4, 0.5) is 10.8 Å². The number of nitrogens with two attached hydrogens (primary N) is 1. The van der Waals surface area contributed by atoms with Gasteiger partial charge in [-0.05, 0) is 25.1 Å². The van der Waals surface area contributed by atoms with Gasteiger partial charge in [0.2, 0.25) is 5.03 Å². The third-order valence-corrected chi connectivity index (χ3v) is 4.57. The number of thiazole rings is 1. The predicted molar refractivity (Wildman–Crippen MR) is 90.1 cm³/mol. The monoisotopic (exact) mass is 367 g/mol. The second-order valence-electron chi connectivity index (χ2n) is 4.63. The molecule has 0 radical (unpaired) electrons. The first-order chi connectivity index (χ1) is 11.2. The highest BCUT2D eigenvalue weighted by molar-refractivity contribution is 7.86. The van der Waals surface area contributed by atoms with Gasteiger partial charge in [-0.3, -0.25) is 14.1 Å². The number of para-hydroxylation sites is 1. The first-order valence-corrected chi connectivity index (χ1v) is 8.77. The van der Waals surface area contributed by atoms with E-state index in [1.54, 1.807) is 30.3 Å². The number of anilines is 2. The van der Waals surface area contributed by atoms with E-state index in [0.29, 0.717) is 5.69 Å². The Balaban J connectivity index is 2.43. The molecule has 10 heteroatoms. The van der Waals surface area contributed by atoms with Crippen LogP contribution in [-0.4, -0.2) is 29.6 Å². The van der Waals surface area contributed by atoms with E-state index in [1.807, 2.05) is 0 Å². The van der Waals surface area contributed by atoms with Crippen molar-refractivity contribution in [3.8, 4) is 0 Å². The van der Waals surface area contributed by atoms with E-state index >= 15 is 0 Å². The molecule has 0 bridgehead atoms. The molecule has 0 aliphatic carbocycles.